The predicted molar refractivity (Wildman–Crippen MR) is 103 cm³/mol. The van der Waals surface area contributed by atoms with E-state index in [-0.39, 0.29) is 0 Å². The van der Waals surface area contributed by atoms with Crippen molar-refractivity contribution in [1.29, 1.82) is 0 Å². The van der Waals surface area contributed by atoms with E-state index in [2.05, 4.69) is 59.9 Å². The molecule has 2 nitrogen and oxygen atoms in total. The Balaban J connectivity index is 1.83. The molecule has 1 heterocycles. The third kappa shape index (κ3) is 6.51. The lowest BCUT2D eigenvalue weighted by Crippen LogP contribution is -2.18. The third-order valence-corrected chi connectivity index (χ3v) is 5.20. The van der Waals surface area contributed by atoms with Crippen LogP contribution in [0.3, 0.4) is 0 Å². The number of unbranched alkanes of at least 4 members (excludes halogenated alkanes) is 6. The van der Waals surface area contributed by atoms with E-state index < -0.39 is 0 Å². The van der Waals surface area contributed by atoms with Gasteiger partial charge in [-0.2, -0.15) is 0 Å². The fourth-order valence-electron chi connectivity index (χ4n) is 3.55. The van der Waals surface area contributed by atoms with Crippen molar-refractivity contribution in [2.24, 2.45) is 5.92 Å². The highest BCUT2D eigenvalue weighted by molar-refractivity contribution is 5.15. The molecule has 0 amide bonds. The summed E-state index contributed by atoms with van der Waals surface area (Å²) in [5.74, 6) is 0.678. The predicted octanol–water partition coefficient (Wildman–Crippen LogP) is 6.44. The van der Waals surface area contributed by atoms with E-state index in [0.29, 0.717) is 12.0 Å². The van der Waals surface area contributed by atoms with Crippen LogP contribution in [0.4, 0.5) is 0 Å². The summed E-state index contributed by atoms with van der Waals surface area (Å²) < 4.78 is 2.27. The van der Waals surface area contributed by atoms with Crippen molar-refractivity contribution in [3.05, 3.63) is 54.6 Å². The Hall–Kier alpha value is -1.57. The molecule has 0 bridgehead atoms. The average molecular weight is 327 g/mol. The Bertz CT molecular complexity index is 518. The summed E-state index contributed by atoms with van der Waals surface area (Å²) in [6.07, 6.45) is 18.1. The van der Waals surface area contributed by atoms with Crippen LogP contribution in [0.1, 0.15) is 76.8 Å². The van der Waals surface area contributed by atoms with Gasteiger partial charge in [0.1, 0.15) is 0 Å². The van der Waals surface area contributed by atoms with Crippen molar-refractivity contribution in [2.75, 3.05) is 0 Å². The second-order valence-electron chi connectivity index (χ2n) is 7.11. The van der Waals surface area contributed by atoms with E-state index >= 15 is 0 Å². The molecule has 0 spiro atoms. The zero-order chi connectivity index (χ0) is 17.0. The van der Waals surface area contributed by atoms with Gasteiger partial charge < -0.3 is 4.57 Å². The quantitative estimate of drug-likeness (QED) is 0.410. The Kier molecular flexibility index (Phi) is 8.65. The van der Waals surface area contributed by atoms with Gasteiger partial charge in [-0.05, 0) is 31.2 Å². The zero-order valence-electron chi connectivity index (χ0n) is 15.5. The summed E-state index contributed by atoms with van der Waals surface area (Å²) in [6, 6.07) is 11.4. The highest BCUT2D eigenvalue weighted by Gasteiger charge is 2.18. The van der Waals surface area contributed by atoms with Crippen LogP contribution >= 0.6 is 0 Å². The molecule has 0 aliphatic heterocycles. The number of imidazole rings is 1. The van der Waals surface area contributed by atoms with Crippen LogP contribution in [-0.4, -0.2) is 9.55 Å². The van der Waals surface area contributed by atoms with Crippen LogP contribution in [0, 0.1) is 5.92 Å². The number of benzene rings is 1. The Morgan fingerprint density at radius 2 is 1.67 bits per heavy atom. The van der Waals surface area contributed by atoms with Crippen molar-refractivity contribution in [2.45, 2.75) is 77.7 Å². The van der Waals surface area contributed by atoms with Gasteiger partial charge in [0.25, 0.3) is 0 Å². The molecule has 0 fully saturated rings. The van der Waals surface area contributed by atoms with Crippen molar-refractivity contribution in [3.63, 3.8) is 0 Å². The smallest absolute Gasteiger partial charge is 0.0948 e. The molecule has 2 aromatic rings. The molecule has 0 saturated heterocycles. The minimum Gasteiger partial charge on any atom is -0.334 e. The van der Waals surface area contributed by atoms with Gasteiger partial charge in [0, 0.05) is 18.4 Å². The van der Waals surface area contributed by atoms with E-state index in [4.69, 9.17) is 0 Å². The summed E-state index contributed by atoms with van der Waals surface area (Å²) in [4.78, 5) is 4.23. The summed E-state index contributed by atoms with van der Waals surface area (Å²) >= 11 is 0. The van der Waals surface area contributed by atoms with Gasteiger partial charge in [0.2, 0.25) is 0 Å². The molecule has 0 N–H and O–H groups in total. The SMILES string of the molecule is CCCCCCCCCC(Cc1ccccc1)C(C)n1ccnc1. The molecule has 2 rings (SSSR count). The lowest BCUT2D eigenvalue weighted by molar-refractivity contribution is 0.318. The van der Waals surface area contributed by atoms with Crippen molar-refractivity contribution < 1.29 is 0 Å². The van der Waals surface area contributed by atoms with E-state index in [0.717, 1.165) is 6.42 Å². The minimum absolute atomic E-state index is 0.507. The molecule has 2 atom stereocenters. The standard InChI is InChI=1S/C22H34N2/c1-3-4-5-6-7-8-12-15-22(18-21-13-10-9-11-14-21)20(2)24-17-16-23-19-24/h9-11,13-14,16-17,19-20,22H,3-8,12,15,18H2,1-2H3. The summed E-state index contributed by atoms with van der Waals surface area (Å²) in [6.45, 7) is 4.63. The molecule has 132 valence electrons. The van der Waals surface area contributed by atoms with Gasteiger partial charge >= 0.3 is 0 Å². The molecule has 0 radical (unpaired) electrons. The molecule has 0 aliphatic carbocycles. The number of hydrogen-bond acceptors (Lipinski definition) is 1. The number of aromatic nitrogens is 2. The molecule has 1 aromatic carbocycles. The molecule has 2 unspecified atom stereocenters. The van der Waals surface area contributed by atoms with Crippen molar-refractivity contribution >= 4 is 0 Å². The Morgan fingerprint density at radius 3 is 2.33 bits per heavy atom. The van der Waals surface area contributed by atoms with Crippen LogP contribution in [-0.2, 0) is 6.42 Å². The van der Waals surface area contributed by atoms with Crippen molar-refractivity contribution in [3.8, 4) is 0 Å². The van der Waals surface area contributed by atoms with Crippen LogP contribution < -0.4 is 0 Å². The summed E-state index contributed by atoms with van der Waals surface area (Å²) in [5, 5.41) is 0. The monoisotopic (exact) mass is 326 g/mol. The zero-order valence-corrected chi connectivity index (χ0v) is 15.5. The second kappa shape index (κ2) is 11.1. The molecular weight excluding hydrogens is 292 g/mol. The van der Waals surface area contributed by atoms with Crippen LogP contribution in [0.2, 0.25) is 0 Å². The number of hydrogen-bond donors (Lipinski definition) is 0. The molecule has 1 aromatic heterocycles. The number of nitrogens with zero attached hydrogens (tertiary/aromatic N) is 2. The van der Waals surface area contributed by atoms with E-state index in [1.165, 1.54) is 56.9 Å². The van der Waals surface area contributed by atoms with Gasteiger partial charge in [-0.3, -0.25) is 0 Å². The van der Waals surface area contributed by atoms with E-state index in [1.807, 2.05) is 12.5 Å². The lowest BCUT2D eigenvalue weighted by atomic mass is 9.88. The third-order valence-electron chi connectivity index (χ3n) is 5.20. The minimum atomic E-state index is 0.507. The molecular formula is C22H34N2. The first-order valence-corrected chi connectivity index (χ1v) is 9.82. The van der Waals surface area contributed by atoms with E-state index in [9.17, 15) is 0 Å². The van der Waals surface area contributed by atoms with Gasteiger partial charge in [0.15, 0.2) is 0 Å². The summed E-state index contributed by atoms with van der Waals surface area (Å²) in [7, 11) is 0. The number of rotatable bonds is 12. The van der Waals surface area contributed by atoms with Crippen LogP contribution in [0.15, 0.2) is 49.1 Å². The fraction of sp³-hybridized carbons (Fsp3) is 0.591. The molecule has 0 aliphatic rings. The highest BCUT2D eigenvalue weighted by Crippen LogP contribution is 2.27. The van der Waals surface area contributed by atoms with Gasteiger partial charge in [-0.15, -0.1) is 0 Å². The highest BCUT2D eigenvalue weighted by atomic mass is 15.0. The largest absolute Gasteiger partial charge is 0.334 e. The Labute approximate surface area is 148 Å². The Morgan fingerprint density at radius 1 is 0.958 bits per heavy atom. The lowest BCUT2D eigenvalue weighted by Gasteiger charge is -2.25. The van der Waals surface area contributed by atoms with Crippen LogP contribution in [0.5, 0.6) is 0 Å². The first kappa shape index (κ1) is 18.8. The molecule has 0 saturated carbocycles. The molecule has 24 heavy (non-hydrogen) atoms. The maximum Gasteiger partial charge on any atom is 0.0948 e. The van der Waals surface area contributed by atoms with E-state index in [1.54, 1.807) is 0 Å². The second-order valence-corrected chi connectivity index (χ2v) is 7.11. The topological polar surface area (TPSA) is 17.8 Å². The van der Waals surface area contributed by atoms with Gasteiger partial charge in [-0.25, -0.2) is 4.98 Å². The van der Waals surface area contributed by atoms with Gasteiger partial charge in [0.05, 0.1) is 6.33 Å². The molecule has 2 heteroatoms. The maximum absolute atomic E-state index is 4.23. The first-order chi connectivity index (χ1) is 11.8. The van der Waals surface area contributed by atoms with Crippen molar-refractivity contribution in [1.82, 2.24) is 9.55 Å². The first-order valence-electron chi connectivity index (χ1n) is 9.82. The average Bonchev–Trinajstić information content (AvgIpc) is 3.15. The van der Waals surface area contributed by atoms with Gasteiger partial charge in [-0.1, -0.05) is 82.2 Å². The fourth-order valence-corrected chi connectivity index (χ4v) is 3.55. The van der Waals surface area contributed by atoms with Crippen LogP contribution in [0.25, 0.3) is 0 Å². The maximum atomic E-state index is 4.23. The summed E-state index contributed by atoms with van der Waals surface area (Å²) in [5.41, 5.74) is 1.46. The normalized spacial score (nSPS) is 13.8.